The summed E-state index contributed by atoms with van der Waals surface area (Å²) in [6, 6.07) is 0. The van der Waals surface area contributed by atoms with Crippen LogP contribution in [-0.2, 0) is 14.4 Å². The van der Waals surface area contributed by atoms with E-state index in [1.165, 1.54) is 12.8 Å². The molecular formula is C14H26N2O6. The van der Waals surface area contributed by atoms with Crippen LogP contribution >= 0.6 is 0 Å². The van der Waals surface area contributed by atoms with E-state index in [-0.39, 0.29) is 12.1 Å². The minimum absolute atomic E-state index is 0.0261. The molecule has 0 saturated heterocycles. The Labute approximate surface area is 130 Å². The number of nitrogens with one attached hydrogen (secondary N) is 1. The molecule has 0 bridgehead atoms. The smallest absolute Gasteiger partial charge is 0.414 e. The number of aliphatic carboxylic acids is 2. The Morgan fingerprint density at radius 3 is 2.14 bits per heavy atom. The third kappa shape index (κ3) is 12.1. The molecule has 0 amide bonds. The number of nitrogens with zero attached hydrogens (tertiary/aromatic N) is 1. The summed E-state index contributed by atoms with van der Waals surface area (Å²) in [6.07, 6.45) is 4.05. The molecular weight excluding hydrogens is 292 g/mol. The van der Waals surface area contributed by atoms with Gasteiger partial charge in [-0.3, -0.25) is 0 Å². The zero-order valence-electron chi connectivity index (χ0n) is 13.3. The van der Waals surface area contributed by atoms with Crippen molar-refractivity contribution in [2.24, 2.45) is 5.16 Å². The van der Waals surface area contributed by atoms with Crippen molar-refractivity contribution in [1.29, 1.82) is 0 Å². The summed E-state index contributed by atoms with van der Waals surface area (Å²) in [6.45, 7) is 7.01. The number of hydrogen-bond acceptors (Lipinski definition) is 6. The van der Waals surface area contributed by atoms with Crippen molar-refractivity contribution in [2.45, 2.75) is 58.1 Å². The number of carboxylic acids is 2. The predicted molar refractivity (Wildman–Crippen MR) is 80.9 cm³/mol. The fourth-order valence-corrected chi connectivity index (χ4v) is 1.57. The van der Waals surface area contributed by atoms with Crippen LogP contribution in [0.4, 0.5) is 0 Å². The van der Waals surface area contributed by atoms with Crippen LogP contribution in [0.3, 0.4) is 0 Å². The molecule has 22 heavy (non-hydrogen) atoms. The van der Waals surface area contributed by atoms with Crippen LogP contribution in [0.5, 0.6) is 0 Å². The van der Waals surface area contributed by atoms with E-state index in [1.807, 2.05) is 0 Å². The average molecular weight is 318 g/mol. The fourth-order valence-electron chi connectivity index (χ4n) is 1.57. The topological polar surface area (TPSA) is 128 Å². The van der Waals surface area contributed by atoms with E-state index in [2.05, 4.69) is 31.2 Å². The molecule has 8 nitrogen and oxygen atoms in total. The Hall–Kier alpha value is -1.67. The van der Waals surface area contributed by atoms with Crippen LogP contribution in [0.2, 0.25) is 0 Å². The van der Waals surface area contributed by atoms with Gasteiger partial charge in [-0.15, -0.1) is 0 Å². The summed E-state index contributed by atoms with van der Waals surface area (Å²) in [5.41, 5.74) is 1.16. The van der Waals surface area contributed by atoms with Crippen molar-refractivity contribution < 1.29 is 29.7 Å². The van der Waals surface area contributed by atoms with Gasteiger partial charge in [0.25, 0.3) is 0 Å². The number of carbonyl (C=O) groups is 2. The van der Waals surface area contributed by atoms with Gasteiger partial charge in [0, 0.05) is 12.1 Å². The lowest BCUT2D eigenvalue weighted by molar-refractivity contribution is -0.159. The lowest BCUT2D eigenvalue weighted by Gasteiger charge is -2.22. The van der Waals surface area contributed by atoms with Gasteiger partial charge in [0.15, 0.2) is 0 Å². The van der Waals surface area contributed by atoms with E-state index >= 15 is 0 Å². The Kier molecular flexibility index (Phi) is 9.35. The summed E-state index contributed by atoms with van der Waals surface area (Å²) in [4.78, 5) is 23.3. The van der Waals surface area contributed by atoms with Gasteiger partial charge in [-0.2, -0.15) is 0 Å². The first-order valence-electron chi connectivity index (χ1n) is 7.19. The lowest BCUT2D eigenvalue weighted by atomic mass is 10.1. The number of β-amino-alcohol motifs (C(OH)–C–C–N with tert-alkyl or cyclic N) is 1. The molecule has 0 heterocycles. The number of oxime groups is 1. The molecule has 0 aliphatic heterocycles. The number of rotatable bonds is 5. The first-order valence-corrected chi connectivity index (χ1v) is 7.19. The van der Waals surface area contributed by atoms with E-state index in [0.29, 0.717) is 6.54 Å². The monoisotopic (exact) mass is 318 g/mol. The molecule has 0 aromatic carbocycles. The molecule has 1 rings (SSSR count). The molecule has 1 atom stereocenters. The molecule has 0 aromatic rings. The van der Waals surface area contributed by atoms with Crippen molar-refractivity contribution >= 4 is 17.7 Å². The summed E-state index contributed by atoms with van der Waals surface area (Å²) >= 11 is 0. The van der Waals surface area contributed by atoms with Crippen LogP contribution in [0.15, 0.2) is 5.16 Å². The molecule has 8 heteroatoms. The largest absolute Gasteiger partial charge is 0.473 e. The quantitative estimate of drug-likeness (QED) is 0.436. The van der Waals surface area contributed by atoms with Crippen LogP contribution in [0.1, 0.15) is 46.5 Å². The lowest BCUT2D eigenvalue weighted by Crippen LogP contribution is -2.42. The highest BCUT2D eigenvalue weighted by Gasteiger charge is 2.13. The molecule has 0 spiro atoms. The van der Waals surface area contributed by atoms with Gasteiger partial charge in [-0.05, 0) is 46.5 Å². The third-order valence-corrected chi connectivity index (χ3v) is 2.69. The minimum Gasteiger partial charge on any atom is -0.473 e. The van der Waals surface area contributed by atoms with Crippen molar-refractivity contribution in [2.75, 3.05) is 13.2 Å². The second kappa shape index (κ2) is 10.1. The van der Waals surface area contributed by atoms with E-state index in [9.17, 15) is 5.11 Å². The molecule has 1 saturated carbocycles. The van der Waals surface area contributed by atoms with E-state index in [1.54, 1.807) is 0 Å². The highest BCUT2D eigenvalue weighted by atomic mass is 16.6. The second-order valence-corrected chi connectivity index (χ2v) is 6.06. The Morgan fingerprint density at radius 1 is 1.23 bits per heavy atom. The van der Waals surface area contributed by atoms with Gasteiger partial charge < -0.3 is 25.5 Å². The van der Waals surface area contributed by atoms with E-state index in [0.717, 1.165) is 18.6 Å². The van der Waals surface area contributed by atoms with E-state index < -0.39 is 18.0 Å². The molecule has 128 valence electrons. The Morgan fingerprint density at radius 2 is 1.73 bits per heavy atom. The normalized spacial score (nSPS) is 15.5. The number of hydrogen-bond donors (Lipinski definition) is 4. The zero-order chi connectivity index (χ0) is 17.2. The molecule has 1 aliphatic carbocycles. The minimum atomic E-state index is -1.82. The maximum atomic E-state index is 9.63. The van der Waals surface area contributed by atoms with Crippen LogP contribution < -0.4 is 5.32 Å². The van der Waals surface area contributed by atoms with Crippen molar-refractivity contribution in [3.63, 3.8) is 0 Å². The predicted octanol–water partition coefficient (Wildman–Crippen LogP) is 0.838. The first kappa shape index (κ1) is 20.3. The van der Waals surface area contributed by atoms with Crippen molar-refractivity contribution in [1.82, 2.24) is 5.32 Å². The average Bonchev–Trinajstić information content (AvgIpc) is 2.89. The van der Waals surface area contributed by atoms with Gasteiger partial charge in [0.2, 0.25) is 0 Å². The van der Waals surface area contributed by atoms with Gasteiger partial charge in [-0.25, -0.2) is 9.59 Å². The molecule has 0 aromatic heterocycles. The molecule has 4 N–H and O–H groups in total. The van der Waals surface area contributed by atoms with Crippen LogP contribution in [0, 0.1) is 0 Å². The summed E-state index contributed by atoms with van der Waals surface area (Å²) in [5.74, 6) is -3.65. The highest BCUT2D eigenvalue weighted by Crippen LogP contribution is 2.14. The number of carboxylic acid groups (broad SMARTS) is 2. The van der Waals surface area contributed by atoms with Gasteiger partial charge >= 0.3 is 11.9 Å². The standard InChI is InChI=1S/C12H24N2O2.C2H2O4/c1-12(2,3)13-8-11(15)9-16-14-10-6-4-5-7-10;3-1(4)2(5)6/h11,13,15H,4-9H2,1-3H3;(H,3,4)(H,5,6). The van der Waals surface area contributed by atoms with Gasteiger partial charge in [0.1, 0.15) is 12.7 Å². The van der Waals surface area contributed by atoms with Crippen LogP contribution in [0.25, 0.3) is 0 Å². The molecule has 1 aliphatic rings. The fraction of sp³-hybridized carbons (Fsp3) is 0.786. The molecule has 0 radical (unpaired) electrons. The van der Waals surface area contributed by atoms with Crippen LogP contribution in [-0.4, -0.2) is 57.8 Å². The SMILES string of the molecule is CC(C)(C)NCC(O)CON=C1CCCC1.O=C(O)C(=O)O. The maximum absolute atomic E-state index is 9.63. The Bertz CT molecular complexity index is 369. The highest BCUT2D eigenvalue weighted by molar-refractivity contribution is 6.27. The summed E-state index contributed by atoms with van der Waals surface area (Å²) in [7, 11) is 0. The van der Waals surface area contributed by atoms with Crippen molar-refractivity contribution in [3.05, 3.63) is 0 Å². The maximum Gasteiger partial charge on any atom is 0.414 e. The zero-order valence-corrected chi connectivity index (χ0v) is 13.3. The second-order valence-electron chi connectivity index (χ2n) is 6.06. The first-order chi connectivity index (χ1) is 10.1. The third-order valence-electron chi connectivity index (χ3n) is 2.69. The van der Waals surface area contributed by atoms with Gasteiger partial charge in [0.05, 0.1) is 5.71 Å². The summed E-state index contributed by atoms with van der Waals surface area (Å²) in [5, 5.41) is 31.7. The Balaban J connectivity index is 0.000000626. The summed E-state index contributed by atoms with van der Waals surface area (Å²) < 4.78 is 0. The number of aliphatic hydroxyl groups excluding tert-OH is 1. The molecule has 1 unspecified atom stereocenters. The van der Waals surface area contributed by atoms with Gasteiger partial charge in [-0.1, -0.05) is 5.16 Å². The molecule has 1 fully saturated rings. The van der Waals surface area contributed by atoms with E-state index in [4.69, 9.17) is 24.6 Å². The van der Waals surface area contributed by atoms with Crippen molar-refractivity contribution in [3.8, 4) is 0 Å². The number of aliphatic hydroxyl groups is 1.